The summed E-state index contributed by atoms with van der Waals surface area (Å²) in [4.78, 5) is 11.3. The van der Waals surface area contributed by atoms with Gasteiger partial charge in [0.05, 0.1) is 18.8 Å². The number of aliphatic hydroxyl groups is 1. The average Bonchev–Trinajstić information content (AvgIpc) is 2.46. The van der Waals surface area contributed by atoms with E-state index in [4.69, 9.17) is 0 Å². The molecule has 1 saturated carbocycles. The minimum Gasteiger partial charge on any atom is -0.465 e. The number of methoxy groups -OCH3 is 1. The molecule has 0 spiro atoms. The molecule has 0 heterocycles. The molecule has 1 aromatic rings. The van der Waals surface area contributed by atoms with E-state index >= 15 is 0 Å². The van der Waals surface area contributed by atoms with Gasteiger partial charge < -0.3 is 15.2 Å². The molecule has 2 rings (SSSR count). The molecule has 1 aromatic carbocycles. The van der Waals surface area contributed by atoms with Crippen LogP contribution in [0.1, 0.15) is 41.6 Å². The Morgan fingerprint density at radius 2 is 1.89 bits per heavy atom. The summed E-state index contributed by atoms with van der Waals surface area (Å²) in [5, 5.41) is 12.9. The number of carbonyl (C=O) groups is 1. The quantitative estimate of drug-likeness (QED) is 0.814. The maximum atomic E-state index is 11.3. The Morgan fingerprint density at radius 1 is 1.26 bits per heavy atom. The topological polar surface area (TPSA) is 58.6 Å². The fourth-order valence-corrected chi connectivity index (χ4v) is 2.42. The zero-order chi connectivity index (χ0) is 13.7. The second-order valence-corrected chi connectivity index (χ2v) is 5.07. The first kappa shape index (κ1) is 14.0. The molecule has 4 nitrogen and oxygen atoms in total. The summed E-state index contributed by atoms with van der Waals surface area (Å²) in [6, 6.07) is 7.94. The van der Waals surface area contributed by atoms with Gasteiger partial charge in [-0.25, -0.2) is 4.79 Å². The van der Waals surface area contributed by atoms with E-state index in [1.54, 1.807) is 12.1 Å². The molecule has 104 valence electrons. The Kier molecular flexibility index (Phi) is 4.93. The van der Waals surface area contributed by atoms with E-state index in [-0.39, 0.29) is 12.1 Å². The smallest absolute Gasteiger partial charge is 0.337 e. The van der Waals surface area contributed by atoms with E-state index < -0.39 is 0 Å². The maximum Gasteiger partial charge on any atom is 0.337 e. The van der Waals surface area contributed by atoms with Gasteiger partial charge in [0.1, 0.15) is 0 Å². The van der Waals surface area contributed by atoms with Gasteiger partial charge in [-0.15, -0.1) is 0 Å². The molecule has 4 heteroatoms. The molecule has 19 heavy (non-hydrogen) atoms. The van der Waals surface area contributed by atoms with Crippen LogP contribution >= 0.6 is 0 Å². The third-order valence-electron chi connectivity index (χ3n) is 3.67. The van der Waals surface area contributed by atoms with Crippen molar-refractivity contribution in [3.63, 3.8) is 0 Å². The van der Waals surface area contributed by atoms with Gasteiger partial charge in [0.2, 0.25) is 0 Å². The van der Waals surface area contributed by atoms with Crippen LogP contribution in [0.5, 0.6) is 0 Å². The fraction of sp³-hybridized carbons (Fsp3) is 0.533. The zero-order valence-corrected chi connectivity index (χ0v) is 11.3. The minimum atomic E-state index is -0.305. The van der Waals surface area contributed by atoms with Crippen LogP contribution in [0.15, 0.2) is 24.3 Å². The largest absolute Gasteiger partial charge is 0.465 e. The van der Waals surface area contributed by atoms with Gasteiger partial charge in [-0.2, -0.15) is 0 Å². The van der Waals surface area contributed by atoms with E-state index in [0.29, 0.717) is 11.6 Å². The highest BCUT2D eigenvalue weighted by Gasteiger charge is 2.18. The van der Waals surface area contributed by atoms with Gasteiger partial charge >= 0.3 is 5.97 Å². The van der Waals surface area contributed by atoms with Crippen molar-refractivity contribution < 1.29 is 14.6 Å². The number of benzene rings is 1. The summed E-state index contributed by atoms with van der Waals surface area (Å²) in [6.45, 7) is 0.794. The number of esters is 1. The molecule has 0 aromatic heterocycles. The molecular weight excluding hydrogens is 242 g/mol. The maximum absolute atomic E-state index is 11.3. The molecular formula is C15H21NO3. The van der Waals surface area contributed by atoms with Crippen molar-refractivity contribution in [2.45, 2.75) is 44.4 Å². The van der Waals surface area contributed by atoms with Crippen LogP contribution in [-0.4, -0.2) is 30.3 Å². The monoisotopic (exact) mass is 263 g/mol. The summed E-state index contributed by atoms with van der Waals surface area (Å²) < 4.78 is 4.66. The Labute approximate surface area is 113 Å². The number of hydrogen-bond acceptors (Lipinski definition) is 4. The highest BCUT2D eigenvalue weighted by Crippen LogP contribution is 2.18. The van der Waals surface area contributed by atoms with Crippen LogP contribution in [0.3, 0.4) is 0 Å². The van der Waals surface area contributed by atoms with E-state index in [2.05, 4.69) is 10.1 Å². The first-order valence-electron chi connectivity index (χ1n) is 6.77. The van der Waals surface area contributed by atoms with Crippen LogP contribution in [0.25, 0.3) is 0 Å². The zero-order valence-electron chi connectivity index (χ0n) is 11.3. The lowest BCUT2D eigenvalue weighted by atomic mass is 9.93. The van der Waals surface area contributed by atoms with E-state index in [1.807, 2.05) is 12.1 Å². The van der Waals surface area contributed by atoms with E-state index in [1.165, 1.54) is 7.11 Å². The van der Waals surface area contributed by atoms with Crippen molar-refractivity contribution in [1.82, 2.24) is 5.32 Å². The van der Waals surface area contributed by atoms with Crippen molar-refractivity contribution in [2.75, 3.05) is 7.11 Å². The molecule has 0 unspecified atom stereocenters. The molecule has 1 fully saturated rings. The van der Waals surface area contributed by atoms with Crippen LogP contribution in [-0.2, 0) is 11.3 Å². The second kappa shape index (κ2) is 6.68. The van der Waals surface area contributed by atoms with Crippen molar-refractivity contribution in [2.24, 2.45) is 0 Å². The SMILES string of the molecule is COC(=O)c1ccc(CN[C@H]2CC[C@H](O)CC2)cc1. The normalized spacial score (nSPS) is 23.1. The number of hydrogen-bond donors (Lipinski definition) is 2. The highest BCUT2D eigenvalue weighted by molar-refractivity contribution is 5.89. The summed E-state index contributed by atoms with van der Waals surface area (Å²) >= 11 is 0. The summed E-state index contributed by atoms with van der Waals surface area (Å²) in [7, 11) is 1.38. The molecule has 0 radical (unpaired) electrons. The highest BCUT2D eigenvalue weighted by atomic mass is 16.5. The van der Waals surface area contributed by atoms with Gasteiger partial charge in [-0.05, 0) is 43.4 Å². The van der Waals surface area contributed by atoms with Gasteiger partial charge in [0.25, 0.3) is 0 Å². The Hall–Kier alpha value is -1.39. The molecule has 2 N–H and O–H groups in total. The first-order chi connectivity index (χ1) is 9.19. The van der Waals surface area contributed by atoms with E-state index in [9.17, 15) is 9.90 Å². The third-order valence-corrected chi connectivity index (χ3v) is 3.67. The van der Waals surface area contributed by atoms with E-state index in [0.717, 1.165) is 37.8 Å². The standard InChI is InChI=1S/C15H21NO3/c1-19-15(18)12-4-2-11(3-5-12)10-16-13-6-8-14(17)9-7-13/h2-5,13-14,16-17H,6-10H2,1H3/t13-,14-. The van der Waals surface area contributed by atoms with Crippen LogP contribution in [0, 0.1) is 0 Å². The molecule has 1 aliphatic carbocycles. The van der Waals surface area contributed by atoms with Gasteiger partial charge in [-0.3, -0.25) is 0 Å². The van der Waals surface area contributed by atoms with Gasteiger partial charge in [0, 0.05) is 12.6 Å². The molecule has 0 bridgehead atoms. The molecule has 0 aliphatic heterocycles. The Balaban J connectivity index is 1.81. The van der Waals surface area contributed by atoms with Crippen molar-refractivity contribution in [3.8, 4) is 0 Å². The third kappa shape index (κ3) is 4.04. The lowest BCUT2D eigenvalue weighted by molar-refractivity contribution is 0.0600. The first-order valence-corrected chi connectivity index (χ1v) is 6.77. The summed E-state index contributed by atoms with van der Waals surface area (Å²) in [5.74, 6) is -0.305. The lowest BCUT2D eigenvalue weighted by Gasteiger charge is -2.26. The Bertz CT molecular complexity index is 408. The van der Waals surface area contributed by atoms with Gasteiger partial charge in [-0.1, -0.05) is 12.1 Å². The number of aliphatic hydroxyl groups excluding tert-OH is 1. The lowest BCUT2D eigenvalue weighted by Crippen LogP contribution is -2.34. The predicted molar refractivity (Wildman–Crippen MR) is 72.9 cm³/mol. The molecule has 0 amide bonds. The average molecular weight is 263 g/mol. The van der Waals surface area contributed by atoms with Crippen LogP contribution in [0.4, 0.5) is 0 Å². The van der Waals surface area contributed by atoms with Crippen molar-refractivity contribution >= 4 is 5.97 Å². The minimum absolute atomic E-state index is 0.114. The predicted octanol–water partition coefficient (Wildman–Crippen LogP) is 1.87. The Morgan fingerprint density at radius 3 is 2.47 bits per heavy atom. The second-order valence-electron chi connectivity index (χ2n) is 5.07. The summed E-state index contributed by atoms with van der Waals surface area (Å²) in [6.07, 6.45) is 3.72. The molecule has 1 aliphatic rings. The molecule has 0 atom stereocenters. The number of rotatable bonds is 4. The molecule has 0 saturated heterocycles. The number of nitrogens with one attached hydrogen (secondary N) is 1. The van der Waals surface area contributed by atoms with Crippen molar-refractivity contribution in [3.05, 3.63) is 35.4 Å². The van der Waals surface area contributed by atoms with Crippen LogP contribution in [0.2, 0.25) is 0 Å². The van der Waals surface area contributed by atoms with Crippen molar-refractivity contribution in [1.29, 1.82) is 0 Å². The fourth-order valence-electron chi connectivity index (χ4n) is 2.42. The number of carbonyl (C=O) groups excluding carboxylic acids is 1. The summed E-state index contributed by atoms with van der Waals surface area (Å²) in [5.41, 5.74) is 1.73. The van der Waals surface area contributed by atoms with Gasteiger partial charge in [0.15, 0.2) is 0 Å². The number of ether oxygens (including phenoxy) is 1. The van der Waals surface area contributed by atoms with Crippen LogP contribution < -0.4 is 5.32 Å².